The summed E-state index contributed by atoms with van der Waals surface area (Å²) in [6, 6.07) is 16.9. The molecule has 2 saturated carbocycles. The minimum absolute atomic E-state index is 0.188. The Morgan fingerprint density at radius 3 is 2.00 bits per heavy atom. The molecule has 2 aromatic rings. The van der Waals surface area contributed by atoms with Crippen LogP contribution in [0.4, 0.5) is 0 Å². The highest BCUT2D eigenvalue weighted by atomic mass is 35.5. The molecule has 0 spiro atoms. The molecule has 0 aliphatic heterocycles. The number of hydrogen-bond acceptors (Lipinski definition) is 1. The number of alkyl halides is 1. The highest BCUT2D eigenvalue weighted by Crippen LogP contribution is 2.38. The first-order valence-corrected chi connectivity index (χ1v) is 12.3. The number of carbonyl (C=O) groups is 1. The van der Waals surface area contributed by atoms with Gasteiger partial charge in [0.15, 0.2) is 0 Å². The fourth-order valence-electron chi connectivity index (χ4n) is 5.30. The maximum absolute atomic E-state index is 13.5. The fourth-order valence-corrected chi connectivity index (χ4v) is 5.60. The number of halogens is 2. The van der Waals surface area contributed by atoms with Crippen molar-refractivity contribution in [2.24, 2.45) is 0 Å². The summed E-state index contributed by atoms with van der Waals surface area (Å²) in [6.07, 6.45) is 10.5. The first-order valence-electron chi connectivity index (χ1n) is 11.4. The summed E-state index contributed by atoms with van der Waals surface area (Å²) in [4.78, 5) is 15.8. The standard InChI is InChI=1S/C26H31Cl2NO/c27-18-19-6-8-20(9-7-19)21-12-16-25(17-13-21)29(24-4-2-1-3-5-24)26(30)22-10-14-23(28)15-11-22/h6-11,14-15,21,24-25H,1-5,12-13,16-18H2/t21-,25-. The molecule has 4 heteroatoms. The Bertz CT molecular complexity index is 819. The average molecular weight is 444 g/mol. The average Bonchev–Trinajstić information content (AvgIpc) is 2.81. The summed E-state index contributed by atoms with van der Waals surface area (Å²) in [5.41, 5.74) is 3.35. The number of nitrogens with zero attached hydrogens (tertiary/aromatic N) is 1. The topological polar surface area (TPSA) is 20.3 Å². The van der Waals surface area contributed by atoms with Crippen molar-refractivity contribution in [3.8, 4) is 0 Å². The monoisotopic (exact) mass is 443 g/mol. The van der Waals surface area contributed by atoms with E-state index in [1.807, 2.05) is 24.3 Å². The van der Waals surface area contributed by atoms with Crippen LogP contribution in [-0.4, -0.2) is 22.9 Å². The zero-order valence-corrected chi connectivity index (χ0v) is 19.0. The van der Waals surface area contributed by atoms with Crippen molar-refractivity contribution >= 4 is 29.1 Å². The van der Waals surface area contributed by atoms with Gasteiger partial charge in [0, 0.05) is 28.5 Å². The molecule has 160 valence electrons. The van der Waals surface area contributed by atoms with Crippen LogP contribution in [0.2, 0.25) is 5.02 Å². The maximum atomic E-state index is 13.5. The maximum Gasteiger partial charge on any atom is 0.254 e. The SMILES string of the molecule is O=C(c1ccc(Cl)cc1)N(C1CCCCC1)[C@H]1CC[C@H](c2ccc(CCl)cc2)CC1. The summed E-state index contributed by atoms with van der Waals surface area (Å²) in [5.74, 6) is 1.34. The molecular weight excluding hydrogens is 413 g/mol. The Morgan fingerprint density at radius 1 is 0.800 bits per heavy atom. The van der Waals surface area contributed by atoms with E-state index in [0.717, 1.165) is 44.1 Å². The summed E-state index contributed by atoms with van der Waals surface area (Å²) in [6.45, 7) is 0. The van der Waals surface area contributed by atoms with Crippen molar-refractivity contribution in [1.82, 2.24) is 4.90 Å². The molecule has 2 aliphatic carbocycles. The molecular formula is C26H31Cl2NO. The number of hydrogen-bond donors (Lipinski definition) is 0. The lowest BCUT2D eigenvalue weighted by Crippen LogP contribution is -2.49. The normalized spacial score (nSPS) is 22.6. The fraction of sp³-hybridized carbons (Fsp3) is 0.500. The van der Waals surface area contributed by atoms with Gasteiger partial charge in [-0.25, -0.2) is 0 Å². The minimum Gasteiger partial charge on any atom is -0.333 e. The molecule has 2 aromatic carbocycles. The van der Waals surface area contributed by atoms with E-state index in [-0.39, 0.29) is 5.91 Å². The van der Waals surface area contributed by atoms with Gasteiger partial charge in [-0.05, 0) is 79.8 Å². The Hall–Kier alpha value is -1.51. The van der Waals surface area contributed by atoms with Crippen LogP contribution in [0.25, 0.3) is 0 Å². The van der Waals surface area contributed by atoms with Gasteiger partial charge < -0.3 is 4.90 Å². The largest absolute Gasteiger partial charge is 0.333 e. The molecule has 0 aromatic heterocycles. The highest BCUT2D eigenvalue weighted by Gasteiger charge is 2.35. The number of carbonyl (C=O) groups excluding carboxylic acids is 1. The first-order chi connectivity index (χ1) is 14.7. The molecule has 0 unspecified atom stereocenters. The Balaban J connectivity index is 1.48. The molecule has 0 heterocycles. The van der Waals surface area contributed by atoms with Crippen molar-refractivity contribution in [2.75, 3.05) is 0 Å². The van der Waals surface area contributed by atoms with Crippen molar-refractivity contribution in [2.45, 2.75) is 81.7 Å². The smallest absolute Gasteiger partial charge is 0.254 e. The third-order valence-electron chi connectivity index (χ3n) is 6.99. The zero-order valence-electron chi connectivity index (χ0n) is 17.5. The molecule has 2 fully saturated rings. The van der Waals surface area contributed by atoms with Gasteiger partial charge in [-0.3, -0.25) is 4.79 Å². The van der Waals surface area contributed by atoms with Crippen LogP contribution >= 0.6 is 23.2 Å². The van der Waals surface area contributed by atoms with E-state index >= 15 is 0 Å². The third-order valence-corrected chi connectivity index (χ3v) is 7.55. The summed E-state index contributed by atoms with van der Waals surface area (Å²) < 4.78 is 0. The van der Waals surface area contributed by atoms with E-state index in [4.69, 9.17) is 23.2 Å². The minimum atomic E-state index is 0.188. The first kappa shape index (κ1) is 21.7. The molecule has 0 bridgehead atoms. The van der Waals surface area contributed by atoms with Crippen molar-refractivity contribution < 1.29 is 4.79 Å². The second-order valence-electron chi connectivity index (χ2n) is 8.89. The Morgan fingerprint density at radius 2 is 1.40 bits per heavy atom. The molecule has 30 heavy (non-hydrogen) atoms. The van der Waals surface area contributed by atoms with Crippen LogP contribution in [0.3, 0.4) is 0 Å². The molecule has 0 atom stereocenters. The molecule has 4 rings (SSSR count). The summed E-state index contributed by atoms with van der Waals surface area (Å²) in [5, 5.41) is 0.677. The van der Waals surface area contributed by atoms with Crippen LogP contribution in [0.1, 0.15) is 85.2 Å². The van der Waals surface area contributed by atoms with Gasteiger partial charge in [0.2, 0.25) is 0 Å². The molecule has 1 amide bonds. The van der Waals surface area contributed by atoms with E-state index in [9.17, 15) is 4.79 Å². The lowest BCUT2D eigenvalue weighted by molar-refractivity contribution is 0.0437. The van der Waals surface area contributed by atoms with Crippen LogP contribution in [-0.2, 0) is 5.88 Å². The van der Waals surface area contributed by atoms with Crippen LogP contribution in [0, 0.1) is 0 Å². The van der Waals surface area contributed by atoms with Gasteiger partial charge in [-0.1, -0.05) is 55.1 Å². The van der Waals surface area contributed by atoms with Crippen molar-refractivity contribution in [3.63, 3.8) is 0 Å². The Labute approximate surface area is 190 Å². The second kappa shape index (κ2) is 10.2. The van der Waals surface area contributed by atoms with Crippen LogP contribution in [0.5, 0.6) is 0 Å². The molecule has 2 nitrogen and oxygen atoms in total. The van der Waals surface area contributed by atoms with Crippen molar-refractivity contribution in [1.29, 1.82) is 0 Å². The molecule has 0 saturated heterocycles. The van der Waals surface area contributed by atoms with Gasteiger partial charge in [-0.2, -0.15) is 0 Å². The summed E-state index contributed by atoms with van der Waals surface area (Å²) >= 11 is 12.0. The predicted octanol–water partition coefficient (Wildman–Crippen LogP) is 7.58. The van der Waals surface area contributed by atoms with E-state index in [1.54, 1.807) is 0 Å². The predicted molar refractivity (Wildman–Crippen MR) is 125 cm³/mol. The van der Waals surface area contributed by atoms with Crippen molar-refractivity contribution in [3.05, 3.63) is 70.2 Å². The van der Waals surface area contributed by atoms with Crippen LogP contribution in [0.15, 0.2) is 48.5 Å². The van der Waals surface area contributed by atoms with Gasteiger partial charge in [-0.15, -0.1) is 11.6 Å². The molecule has 2 aliphatic rings. The van der Waals surface area contributed by atoms with E-state index in [0.29, 0.717) is 28.9 Å². The van der Waals surface area contributed by atoms with Gasteiger partial charge in [0.25, 0.3) is 5.91 Å². The molecule has 0 radical (unpaired) electrons. The van der Waals surface area contributed by atoms with E-state index in [1.165, 1.54) is 30.4 Å². The summed E-state index contributed by atoms with van der Waals surface area (Å²) in [7, 11) is 0. The molecule has 0 N–H and O–H groups in total. The quantitative estimate of drug-likeness (QED) is 0.435. The number of amides is 1. The highest BCUT2D eigenvalue weighted by molar-refractivity contribution is 6.30. The Kier molecular flexibility index (Phi) is 7.38. The van der Waals surface area contributed by atoms with Gasteiger partial charge >= 0.3 is 0 Å². The van der Waals surface area contributed by atoms with Gasteiger partial charge in [0.05, 0.1) is 0 Å². The van der Waals surface area contributed by atoms with Gasteiger partial charge in [0.1, 0.15) is 0 Å². The lowest BCUT2D eigenvalue weighted by atomic mass is 9.80. The third kappa shape index (κ3) is 5.03. The van der Waals surface area contributed by atoms with Crippen LogP contribution < -0.4 is 0 Å². The van der Waals surface area contributed by atoms with E-state index < -0.39 is 0 Å². The van der Waals surface area contributed by atoms with E-state index in [2.05, 4.69) is 29.2 Å². The second-order valence-corrected chi connectivity index (χ2v) is 9.60. The number of rotatable bonds is 5. The number of benzene rings is 2. The zero-order chi connectivity index (χ0) is 20.9. The lowest BCUT2D eigenvalue weighted by Gasteiger charge is -2.43.